The Morgan fingerprint density at radius 1 is 0.923 bits per heavy atom. The van der Waals surface area contributed by atoms with Crippen molar-refractivity contribution in [3.63, 3.8) is 0 Å². The van der Waals surface area contributed by atoms with Crippen molar-refractivity contribution in [2.24, 2.45) is 0 Å². The van der Waals surface area contributed by atoms with Gasteiger partial charge in [0, 0.05) is 55.7 Å². The molecule has 6 rings (SSSR count). The van der Waals surface area contributed by atoms with E-state index in [0.29, 0.717) is 67.7 Å². The number of aliphatic hydroxyl groups is 1. The number of carbonyl (C=O) groups is 3. The van der Waals surface area contributed by atoms with E-state index < -0.39 is 6.04 Å². The van der Waals surface area contributed by atoms with Crippen LogP contribution in [0, 0.1) is 6.92 Å². The normalized spacial score (nSPS) is 15.9. The van der Waals surface area contributed by atoms with Crippen LogP contribution in [0.3, 0.4) is 0 Å². The third-order valence-electron chi connectivity index (χ3n) is 10.2. The van der Waals surface area contributed by atoms with E-state index in [4.69, 9.17) is 16.7 Å². The van der Waals surface area contributed by atoms with Crippen molar-refractivity contribution in [2.75, 3.05) is 44.2 Å². The third kappa shape index (κ3) is 8.18. The average Bonchev–Trinajstić information content (AvgIpc) is 3.55. The van der Waals surface area contributed by atoms with E-state index in [1.165, 1.54) is 0 Å². The number of fused-ring (bicyclic) bond motifs is 1. The molecule has 2 aliphatic heterocycles. The van der Waals surface area contributed by atoms with Crippen molar-refractivity contribution in [1.82, 2.24) is 24.5 Å². The number of halogens is 1. The summed E-state index contributed by atoms with van der Waals surface area (Å²) >= 11 is 6.19. The predicted octanol–water partition coefficient (Wildman–Crippen LogP) is 6.28. The molecule has 0 radical (unpaired) electrons. The minimum Gasteiger partial charge on any atom is -0.394 e. The SMILES string of the molecule is CCCCN(CCCC)C(=O)c1cc(C)n(-c2ccc(N3CCN(Cc4cccc(Cl)c4)C(=O)C3)cc2C(=O)N2Cc3ccccc3C[C@H]2CO)n1. The maximum Gasteiger partial charge on any atom is 0.274 e. The summed E-state index contributed by atoms with van der Waals surface area (Å²) in [5.41, 5.74) is 5.88. The van der Waals surface area contributed by atoms with Crippen LogP contribution in [0.5, 0.6) is 0 Å². The molecule has 1 fully saturated rings. The lowest BCUT2D eigenvalue weighted by molar-refractivity contribution is -0.131. The molecule has 1 saturated heterocycles. The number of anilines is 1. The fraction of sp³-hybridized carbons (Fsp3) is 0.415. The van der Waals surface area contributed by atoms with Crippen LogP contribution in [0.15, 0.2) is 72.8 Å². The summed E-state index contributed by atoms with van der Waals surface area (Å²) < 4.78 is 1.68. The molecule has 1 aromatic heterocycles. The maximum absolute atomic E-state index is 14.7. The maximum atomic E-state index is 14.7. The second-order valence-electron chi connectivity index (χ2n) is 13.9. The van der Waals surface area contributed by atoms with Crippen LogP contribution in [0.4, 0.5) is 5.69 Å². The van der Waals surface area contributed by atoms with E-state index in [9.17, 15) is 19.5 Å². The molecule has 0 aliphatic carbocycles. The number of carbonyl (C=O) groups excluding carboxylic acids is 3. The highest BCUT2D eigenvalue weighted by Crippen LogP contribution is 2.30. The van der Waals surface area contributed by atoms with Gasteiger partial charge in [-0.05, 0) is 79.3 Å². The topological polar surface area (TPSA) is 102 Å². The Bertz CT molecular complexity index is 1900. The summed E-state index contributed by atoms with van der Waals surface area (Å²) in [6.45, 7) is 9.37. The molecule has 4 aromatic rings. The van der Waals surface area contributed by atoms with Crippen LogP contribution < -0.4 is 4.90 Å². The molecule has 3 amide bonds. The molecule has 1 N–H and O–H groups in total. The molecule has 3 aromatic carbocycles. The zero-order valence-corrected chi connectivity index (χ0v) is 31.2. The van der Waals surface area contributed by atoms with Crippen LogP contribution in [0.25, 0.3) is 5.69 Å². The average molecular weight is 725 g/mol. The van der Waals surface area contributed by atoms with Crippen LogP contribution in [0.1, 0.15) is 82.8 Å². The highest BCUT2D eigenvalue weighted by molar-refractivity contribution is 6.30. The number of hydrogen-bond acceptors (Lipinski definition) is 6. The fourth-order valence-electron chi connectivity index (χ4n) is 7.17. The number of aromatic nitrogens is 2. The van der Waals surface area contributed by atoms with Gasteiger partial charge in [-0.2, -0.15) is 5.10 Å². The second-order valence-corrected chi connectivity index (χ2v) is 14.3. The zero-order chi connectivity index (χ0) is 36.8. The lowest BCUT2D eigenvalue weighted by Crippen LogP contribution is -2.50. The van der Waals surface area contributed by atoms with Gasteiger partial charge in [0.1, 0.15) is 0 Å². The Morgan fingerprint density at radius 3 is 2.37 bits per heavy atom. The highest BCUT2D eigenvalue weighted by Gasteiger charge is 2.33. The lowest BCUT2D eigenvalue weighted by atomic mass is 9.93. The van der Waals surface area contributed by atoms with E-state index in [1.54, 1.807) is 15.6 Å². The number of benzene rings is 3. The summed E-state index contributed by atoms with van der Waals surface area (Å²) in [6.07, 6.45) is 4.34. The Kier molecular flexibility index (Phi) is 12.0. The second kappa shape index (κ2) is 16.8. The smallest absolute Gasteiger partial charge is 0.274 e. The molecule has 0 saturated carbocycles. The van der Waals surface area contributed by atoms with Crippen LogP contribution in [0.2, 0.25) is 5.02 Å². The summed E-state index contributed by atoms with van der Waals surface area (Å²) in [6, 6.07) is 22.6. The molecule has 3 heterocycles. The Balaban J connectivity index is 1.33. The van der Waals surface area contributed by atoms with Gasteiger partial charge in [0.05, 0.1) is 30.4 Å². The van der Waals surface area contributed by atoms with Crippen molar-refractivity contribution >= 4 is 35.0 Å². The van der Waals surface area contributed by atoms with Gasteiger partial charge in [-0.25, -0.2) is 4.68 Å². The molecular weight excluding hydrogens is 676 g/mol. The molecule has 11 heteroatoms. The van der Waals surface area contributed by atoms with Crippen LogP contribution >= 0.6 is 11.6 Å². The Hall–Kier alpha value is -4.67. The largest absolute Gasteiger partial charge is 0.394 e. The minimum absolute atomic E-state index is 0.0158. The number of amides is 3. The number of unbranched alkanes of at least 4 members (excludes halogenated alkanes) is 2. The van der Waals surface area contributed by atoms with E-state index in [1.807, 2.05) is 88.4 Å². The molecule has 274 valence electrons. The van der Waals surface area contributed by atoms with Crippen molar-refractivity contribution in [1.29, 1.82) is 0 Å². The molecular formula is C41H49ClN6O4. The summed E-state index contributed by atoms with van der Waals surface area (Å²) in [4.78, 5) is 49.4. The summed E-state index contributed by atoms with van der Waals surface area (Å²) in [5, 5.41) is 15.9. The van der Waals surface area contributed by atoms with Gasteiger partial charge in [-0.1, -0.05) is 74.7 Å². The van der Waals surface area contributed by atoms with Gasteiger partial charge in [0.15, 0.2) is 5.69 Å². The minimum atomic E-state index is -0.405. The lowest BCUT2D eigenvalue weighted by Gasteiger charge is -2.37. The van der Waals surface area contributed by atoms with Gasteiger partial charge < -0.3 is 24.7 Å². The van der Waals surface area contributed by atoms with Crippen LogP contribution in [-0.4, -0.2) is 92.7 Å². The number of piperazine rings is 1. The van der Waals surface area contributed by atoms with Crippen molar-refractivity contribution in [3.05, 3.63) is 111 Å². The predicted molar refractivity (Wildman–Crippen MR) is 204 cm³/mol. The van der Waals surface area contributed by atoms with Gasteiger partial charge >= 0.3 is 0 Å². The number of aryl methyl sites for hydroxylation is 1. The Labute approximate surface area is 311 Å². The molecule has 10 nitrogen and oxygen atoms in total. The zero-order valence-electron chi connectivity index (χ0n) is 30.4. The quantitative estimate of drug-likeness (QED) is 0.174. The molecule has 2 aliphatic rings. The number of rotatable bonds is 13. The first-order valence-electron chi connectivity index (χ1n) is 18.5. The monoisotopic (exact) mass is 724 g/mol. The first-order chi connectivity index (χ1) is 25.2. The highest BCUT2D eigenvalue weighted by atomic mass is 35.5. The standard InChI is InChI=1S/C41H49ClN6O4/c1-4-6-17-44(18-7-5-2)41(52)37-21-29(3)48(43-37)38-16-15-34(45-19-20-46(39(50)27-45)25-30-11-10-14-33(42)22-30)24-36(38)40(51)47-26-32-13-9-8-12-31(32)23-35(47)28-49/h8-16,21-22,24,35,49H,4-7,17-20,23,25-28H2,1-3H3/t35-/m0/s1. The first kappa shape index (κ1) is 37.1. The molecule has 52 heavy (non-hydrogen) atoms. The molecule has 0 unspecified atom stereocenters. The molecule has 0 bridgehead atoms. The van der Waals surface area contributed by atoms with E-state index in [2.05, 4.69) is 13.8 Å². The third-order valence-corrected chi connectivity index (χ3v) is 10.4. The van der Waals surface area contributed by atoms with Gasteiger partial charge in [0.25, 0.3) is 11.8 Å². The van der Waals surface area contributed by atoms with Gasteiger partial charge in [-0.15, -0.1) is 0 Å². The van der Waals surface area contributed by atoms with E-state index in [-0.39, 0.29) is 30.9 Å². The number of nitrogens with zero attached hydrogens (tertiary/aromatic N) is 6. The van der Waals surface area contributed by atoms with Crippen molar-refractivity contribution in [2.45, 2.75) is 72.0 Å². The fourth-order valence-corrected chi connectivity index (χ4v) is 7.38. The summed E-state index contributed by atoms with van der Waals surface area (Å²) in [7, 11) is 0. The van der Waals surface area contributed by atoms with Crippen molar-refractivity contribution < 1.29 is 19.5 Å². The van der Waals surface area contributed by atoms with E-state index in [0.717, 1.165) is 53.8 Å². The first-order valence-corrected chi connectivity index (χ1v) is 18.8. The Morgan fingerprint density at radius 2 is 1.67 bits per heavy atom. The molecule has 1 atom stereocenters. The van der Waals surface area contributed by atoms with Crippen LogP contribution in [-0.2, 0) is 24.3 Å². The van der Waals surface area contributed by atoms with Gasteiger partial charge in [-0.3, -0.25) is 14.4 Å². The number of aliphatic hydroxyl groups excluding tert-OH is 1. The number of hydrogen-bond donors (Lipinski definition) is 1. The summed E-state index contributed by atoms with van der Waals surface area (Å²) in [5.74, 6) is -0.375. The van der Waals surface area contributed by atoms with Gasteiger partial charge in [0.2, 0.25) is 5.91 Å². The van der Waals surface area contributed by atoms with E-state index >= 15 is 0 Å². The van der Waals surface area contributed by atoms with Crippen molar-refractivity contribution in [3.8, 4) is 5.69 Å². The molecule has 0 spiro atoms.